The van der Waals surface area contributed by atoms with Crippen LogP contribution < -0.4 is 0 Å². The first-order chi connectivity index (χ1) is 8.27. The normalized spacial score (nSPS) is 13.6. The third-order valence-electron chi connectivity index (χ3n) is 2.52. The predicted molar refractivity (Wildman–Crippen MR) is 56.1 cm³/mol. The van der Waals surface area contributed by atoms with Gasteiger partial charge in [-0.3, -0.25) is 4.79 Å². The summed E-state index contributed by atoms with van der Waals surface area (Å²) < 4.78 is 38.6. The third kappa shape index (κ3) is 3.21. The van der Waals surface area contributed by atoms with Crippen molar-refractivity contribution in [1.29, 1.82) is 0 Å². The molecular weight excluding hydrogens is 251 g/mol. The van der Waals surface area contributed by atoms with Gasteiger partial charge in [-0.05, 0) is 13.3 Å². The number of hydrogen-bond acceptors (Lipinski definition) is 3. The molecule has 18 heavy (non-hydrogen) atoms. The van der Waals surface area contributed by atoms with Crippen molar-refractivity contribution in [3.05, 3.63) is 11.4 Å². The summed E-state index contributed by atoms with van der Waals surface area (Å²) in [5.74, 6) is -1.14. The molecule has 0 saturated carbocycles. The summed E-state index contributed by atoms with van der Waals surface area (Å²) in [7, 11) is 0. The van der Waals surface area contributed by atoms with Crippen LogP contribution in [-0.4, -0.2) is 32.2 Å². The van der Waals surface area contributed by atoms with E-state index in [1.807, 2.05) is 0 Å². The van der Waals surface area contributed by atoms with Gasteiger partial charge in [-0.15, -0.1) is 5.10 Å². The SMILES string of the molecule is CCCc1c(CC(=O)O)nnn1C(C)C(F)(F)F. The van der Waals surface area contributed by atoms with E-state index in [2.05, 4.69) is 10.3 Å². The molecule has 0 spiro atoms. The first-order valence-electron chi connectivity index (χ1n) is 5.48. The van der Waals surface area contributed by atoms with Crippen molar-refractivity contribution in [3.8, 4) is 0 Å². The number of carboxylic acid groups (broad SMARTS) is 1. The zero-order chi connectivity index (χ0) is 13.9. The molecule has 0 aromatic carbocycles. The fourth-order valence-electron chi connectivity index (χ4n) is 1.57. The molecule has 1 atom stereocenters. The van der Waals surface area contributed by atoms with Gasteiger partial charge < -0.3 is 5.11 Å². The minimum atomic E-state index is -4.43. The molecule has 0 saturated heterocycles. The van der Waals surface area contributed by atoms with Crippen LogP contribution in [0, 0.1) is 0 Å². The standard InChI is InChI=1S/C10H14F3N3O2/c1-3-4-8-7(5-9(17)18)14-15-16(8)6(2)10(11,12)13/h6H,3-5H2,1-2H3,(H,17,18). The van der Waals surface area contributed by atoms with Crippen LogP contribution in [0.2, 0.25) is 0 Å². The highest BCUT2D eigenvalue weighted by Crippen LogP contribution is 2.31. The van der Waals surface area contributed by atoms with Crippen LogP contribution in [0.3, 0.4) is 0 Å². The van der Waals surface area contributed by atoms with E-state index < -0.39 is 24.6 Å². The highest BCUT2D eigenvalue weighted by molar-refractivity contribution is 5.69. The van der Waals surface area contributed by atoms with Crippen LogP contribution in [0.1, 0.15) is 37.7 Å². The highest BCUT2D eigenvalue weighted by Gasteiger charge is 2.39. The number of aromatic nitrogens is 3. The first kappa shape index (κ1) is 14.5. The number of hydrogen-bond donors (Lipinski definition) is 1. The van der Waals surface area contributed by atoms with Crippen LogP contribution in [0.4, 0.5) is 13.2 Å². The third-order valence-corrected chi connectivity index (χ3v) is 2.52. The molecule has 1 aromatic heterocycles. The monoisotopic (exact) mass is 265 g/mol. The molecule has 0 aliphatic rings. The molecule has 8 heteroatoms. The highest BCUT2D eigenvalue weighted by atomic mass is 19.4. The molecule has 1 N–H and O–H groups in total. The predicted octanol–water partition coefficient (Wildman–Crippen LogP) is 1.98. The Labute approximate surface area is 102 Å². The molecule has 1 rings (SSSR count). The van der Waals surface area contributed by atoms with E-state index in [9.17, 15) is 18.0 Å². The number of aliphatic carboxylic acids is 1. The maximum Gasteiger partial charge on any atom is 0.410 e. The number of rotatable bonds is 5. The molecule has 0 amide bonds. The van der Waals surface area contributed by atoms with Gasteiger partial charge in [-0.2, -0.15) is 13.2 Å². The largest absolute Gasteiger partial charge is 0.481 e. The summed E-state index contributed by atoms with van der Waals surface area (Å²) in [5.41, 5.74) is 0.338. The van der Waals surface area contributed by atoms with Crippen molar-refractivity contribution < 1.29 is 23.1 Å². The molecule has 0 aliphatic heterocycles. The maximum atomic E-state index is 12.6. The van der Waals surface area contributed by atoms with Crippen LogP contribution in [0.15, 0.2) is 0 Å². The van der Waals surface area contributed by atoms with E-state index in [1.165, 1.54) is 0 Å². The fourth-order valence-corrected chi connectivity index (χ4v) is 1.57. The Kier molecular flexibility index (Phi) is 4.31. The summed E-state index contributed by atoms with van der Waals surface area (Å²) in [4.78, 5) is 10.6. The van der Waals surface area contributed by atoms with E-state index in [0.29, 0.717) is 12.8 Å². The van der Waals surface area contributed by atoms with E-state index in [4.69, 9.17) is 5.11 Å². The minimum absolute atomic E-state index is 0.0976. The second kappa shape index (κ2) is 5.36. The zero-order valence-corrected chi connectivity index (χ0v) is 10.0. The number of alkyl halides is 3. The zero-order valence-electron chi connectivity index (χ0n) is 10.0. The lowest BCUT2D eigenvalue weighted by atomic mass is 10.1. The van der Waals surface area contributed by atoms with Gasteiger partial charge in [0.05, 0.1) is 17.8 Å². The molecule has 1 heterocycles. The minimum Gasteiger partial charge on any atom is -0.481 e. The van der Waals surface area contributed by atoms with Crippen LogP contribution in [-0.2, 0) is 17.6 Å². The molecule has 0 fully saturated rings. The van der Waals surface area contributed by atoms with Crippen LogP contribution in [0.25, 0.3) is 0 Å². The van der Waals surface area contributed by atoms with E-state index in [0.717, 1.165) is 11.6 Å². The van der Waals surface area contributed by atoms with Crippen molar-refractivity contribution in [2.45, 2.75) is 45.3 Å². The summed E-state index contributed by atoms with van der Waals surface area (Å²) in [6.07, 6.45) is -3.95. The van der Waals surface area contributed by atoms with Crippen molar-refractivity contribution in [2.24, 2.45) is 0 Å². The molecule has 0 aliphatic carbocycles. The van der Waals surface area contributed by atoms with Crippen LogP contribution in [0.5, 0.6) is 0 Å². The molecule has 0 radical (unpaired) electrons. The molecule has 1 aromatic rings. The second-order valence-electron chi connectivity index (χ2n) is 3.97. The van der Waals surface area contributed by atoms with Crippen molar-refractivity contribution >= 4 is 5.97 Å². The lowest BCUT2D eigenvalue weighted by Gasteiger charge is -2.17. The van der Waals surface area contributed by atoms with Crippen molar-refractivity contribution in [1.82, 2.24) is 15.0 Å². The van der Waals surface area contributed by atoms with E-state index in [1.54, 1.807) is 6.92 Å². The second-order valence-corrected chi connectivity index (χ2v) is 3.97. The molecule has 5 nitrogen and oxygen atoms in total. The Bertz CT molecular complexity index is 428. The Hall–Kier alpha value is -1.60. The molecule has 1 unspecified atom stereocenters. The van der Waals surface area contributed by atoms with Gasteiger partial charge in [0.15, 0.2) is 0 Å². The molecular formula is C10H14F3N3O2. The maximum absolute atomic E-state index is 12.6. The lowest BCUT2D eigenvalue weighted by molar-refractivity contribution is -0.166. The van der Waals surface area contributed by atoms with Gasteiger partial charge in [0.25, 0.3) is 0 Å². The summed E-state index contributed by atoms with van der Waals surface area (Å²) in [6, 6.07) is -1.81. The topological polar surface area (TPSA) is 68.0 Å². The van der Waals surface area contributed by atoms with Crippen molar-refractivity contribution in [2.75, 3.05) is 0 Å². The number of carboxylic acids is 1. The molecule has 102 valence electrons. The van der Waals surface area contributed by atoms with Gasteiger partial charge >= 0.3 is 12.1 Å². The van der Waals surface area contributed by atoms with Gasteiger partial charge in [0.2, 0.25) is 0 Å². The average Bonchev–Trinajstić information content (AvgIpc) is 2.59. The van der Waals surface area contributed by atoms with E-state index >= 15 is 0 Å². The number of nitrogens with zero attached hydrogens (tertiary/aromatic N) is 3. The van der Waals surface area contributed by atoms with Gasteiger partial charge in [0.1, 0.15) is 6.04 Å². The smallest absolute Gasteiger partial charge is 0.410 e. The number of carbonyl (C=O) groups is 1. The first-order valence-corrected chi connectivity index (χ1v) is 5.48. The van der Waals surface area contributed by atoms with Gasteiger partial charge in [0, 0.05) is 0 Å². The summed E-state index contributed by atoms with van der Waals surface area (Å²) in [6.45, 7) is 2.76. The summed E-state index contributed by atoms with van der Waals surface area (Å²) in [5, 5.41) is 15.6. The van der Waals surface area contributed by atoms with Gasteiger partial charge in [-0.25, -0.2) is 4.68 Å². The quantitative estimate of drug-likeness (QED) is 0.883. The summed E-state index contributed by atoms with van der Waals surface area (Å²) >= 11 is 0. The Morgan fingerprint density at radius 3 is 2.56 bits per heavy atom. The molecule has 0 bridgehead atoms. The van der Waals surface area contributed by atoms with E-state index in [-0.39, 0.29) is 11.4 Å². The Morgan fingerprint density at radius 1 is 1.50 bits per heavy atom. The van der Waals surface area contributed by atoms with Crippen LogP contribution >= 0.6 is 0 Å². The number of halogens is 3. The van der Waals surface area contributed by atoms with Crippen molar-refractivity contribution in [3.63, 3.8) is 0 Å². The average molecular weight is 265 g/mol. The lowest BCUT2D eigenvalue weighted by Crippen LogP contribution is -2.26. The Balaban J connectivity index is 3.12. The van der Waals surface area contributed by atoms with Gasteiger partial charge in [-0.1, -0.05) is 18.6 Å². The fraction of sp³-hybridized carbons (Fsp3) is 0.700. The Morgan fingerprint density at radius 2 is 2.11 bits per heavy atom.